The van der Waals surface area contributed by atoms with Gasteiger partial charge in [-0.3, -0.25) is 0 Å². The molecule has 2 aliphatic rings. The zero-order chi connectivity index (χ0) is 23.3. The van der Waals surface area contributed by atoms with Gasteiger partial charge in [0.2, 0.25) is 0 Å². The maximum atomic E-state index is 14.7. The second-order valence-electron chi connectivity index (χ2n) is 11.3. The summed E-state index contributed by atoms with van der Waals surface area (Å²) in [6, 6.07) is 5.75. The Kier molecular flexibility index (Phi) is 12.1. The summed E-state index contributed by atoms with van der Waals surface area (Å²) in [5.41, 5.74) is 1.18. The van der Waals surface area contributed by atoms with Gasteiger partial charge in [0, 0.05) is 0 Å². The molecule has 1 aromatic rings. The first-order valence-corrected chi connectivity index (χ1v) is 14.6. The van der Waals surface area contributed by atoms with E-state index in [2.05, 4.69) is 19.9 Å². The van der Waals surface area contributed by atoms with Crippen LogP contribution in [0.2, 0.25) is 0 Å². The van der Waals surface area contributed by atoms with Crippen molar-refractivity contribution >= 4 is 0 Å². The molecule has 188 valence electrons. The van der Waals surface area contributed by atoms with Crippen molar-refractivity contribution in [3.05, 3.63) is 29.6 Å². The molecule has 0 radical (unpaired) electrons. The molecular formula is C31H51FO. The third-order valence-corrected chi connectivity index (χ3v) is 8.67. The van der Waals surface area contributed by atoms with Crippen LogP contribution in [0.4, 0.5) is 4.39 Å². The molecule has 0 unspecified atom stereocenters. The Morgan fingerprint density at radius 3 is 1.94 bits per heavy atom. The van der Waals surface area contributed by atoms with E-state index in [0.717, 1.165) is 24.2 Å². The standard InChI is InChI=1S/C31H51FO/c1-3-5-6-7-8-11-26-13-15-27(16-14-26)12-9-23-33-31-22-21-29(24-30(31)32)28-19-17-25(10-4-2)18-20-28/h21-22,24-28H,3-20,23H2,1-2H3/t25-,26-,27-,28-. The van der Waals surface area contributed by atoms with Crippen LogP contribution in [0, 0.1) is 23.6 Å². The molecule has 0 aliphatic heterocycles. The average Bonchev–Trinajstić information content (AvgIpc) is 2.84. The van der Waals surface area contributed by atoms with E-state index in [1.54, 1.807) is 6.07 Å². The predicted octanol–water partition coefficient (Wildman–Crippen LogP) is 10.2. The lowest BCUT2D eigenvalue weighted by atomic mass is 9.77. The largest absolute Gasteiger partial charge is 0.491 e. The molecule has 2 heteroatoms. The molecule has 0 N–H and O–H groups in total. The van der Waals surface area contributed by atoms with Gasteiger partial charge in [-0.2, -0.15) is 0 Å². The maximum Gasteiger partial charge on any atom is 0.165 e. The number of hydrogen-bond donors (Lipinski definition) is 0. The fraction of sp³-hybridized carbons (Fsp3) is 0.806. The first-order valence-electron chi connectivity index (χ1n) is 14.6. The van der Waals surface area contributed by atoms with Crippen molar-refractivity contribution in [1.82, 2.24) is 0 Å². The summed E-state index contributed by atoms with van der Waals surface area (Å²) in [5, 5.41) is 0. The van der Waals surface area contributed by atoms with E-state index in [9.17, 15) is 4.39 Å². The van der Waals surface area contributed by atoms with E-state index < -0.39 is 0 Å². The van der Waals surface area contributed by atoms with Crippen molar-refractivity contribution in [3.8, 4) is 5.75 Å². The van der Waals surface area contributed by atoms with Crippen LogP contribution in [-0.2, 0) is 0 Å². The molecule has 0 atom stereocenters. The van der Waals surface area contributed by atoms with Crippen LogP contribution in [0.3, 0.4) is 0 Å². The summed E-state index contributed by atoms with van der Waals surface area (Å²) in [5.74, 6) is 3.55. The summed E-state index contributed by atoms with van der Waals surface area (Å²) in [4.78, 5) is 0. The molecule has 2 aliphatic carbocycles. The molecule has 33 heavy (non-hydrogen) atoms. The first kappa shape index (κ1) is 26.6. The summed E-state index contributed by atoms with van der Waals surface area (Å²) >= 11 is 0. The quantitative estimate of drug-likeness (QED) is 0.252. The number of rotatable bonds is 14. The van der Waals surface area contributed by atoms with Gasteiger partial charge in [0.1, 0.15) is 0 Å². The van der Waals surface area contributed by atoms with E-state index >= 15 is 0 Å². The Hall–Kier alpha value is -1.05. The molecule has 3 rings (SSSR count). The molecule has 0 aromatic heterocycles. The number of ether oxygens (including phenoxy) is 1. The average molecular weight is 459 g/mol. The van der Waals surface area contributed by atoms with Crippen LogP contribution in [0.15, 0.2) is 18.2 Å². The van der Waals surface area contributed by atoms with Gasteiger partial charge in [-0.15, -0.1) is 0 Å². The lowest BCUT2D eigenvalue weighted by molar-refractivity contribution is 0.225. The Bertz CT molecular complexity index is 640. The summed E-state index contributed by atoms with van der Waals surface area (Å²) < 4.78 is 20.5. The SMILES string of the molecule is CCCCCCC[C@H]1CC[C@H](CCCOc2ccc([C@H]3CC[C@H](CCC)CC3)cc2F)CC1. The van der Waals surface area contributed by atoms with Crippen LogP contribution >= 0.6 is 0 Å². The highest BCUT2D eigenvalue weighted by molar-refractivity contribution is 5.31. The number of benzene rings is 1. The van der Waals surface area contributed by atoms with E-state index in [0.29, 0.717) is 18.3 Å². The van der Waals surface area contributed by atoms with Crippen molar-refractivity contribution in [2.75, 3.05) is 6.61 Å². The van der Waals surface area contributed by atoms with Gasteiger partial charge in [0.15, 0.2) is 11.6 Å². The molecule has 1 aromatic carbocycles. The van der Waals surface area contributed by atoms with E-state index in [4.69, 9.17) is 4.74 Å². The molecule has 2 fully saturated rings. The number of hydrogen-bond acceptors (Lipinski definition) is 1. The van der Waals surface area contributed by atoms with Crippen LogP contribution < -0.4 is 4.74 Å². The van der Waals surface area contributed by atoms with Crippen LogP contribution in [0.1, 0.15) is 141 Å². The minimum absolute atomic E-state index is 0.164. The molecule has 0 heterocycles. The highest BCUT2D eigenvalue weighted by atomic mass is 19.1. The lowest BCUT2D eigenvalue weighted by Gasteiger charge is -2.29. The normalized spacial score (nSPS) is 25.8. The highest BCUT2D eigenvalue weighted by Crippen LogP contribution is 2.38. The maximum absolute atomic E-state index is 14.7. The highest BCUT2D eigenvalue weighted by Gasteiger charge is 2.23. The fourth-order valence-corrected chi connectivity index (χ4v) is 6.48. The minimum Gasteiger partial charge on any atom is -0.491 e. The topological polar surface area (TPSA) is 9.23 Å². The van der Waals surface area contributed by atoms with Gasteiger partial charge in [-0.05, 0) is 79.9 Å². The van der Waals surface area contributed by atoms with Crippen LogP contribution in [0.5, 0.6) is 5.75 Å². The van der Waals surface area contributed by atoms with Gasteiger partial charge >= 0.3 is 0 Å². The smallest absolute Gasteiger partial charge is 0.165 e. The second-order valence-corrected chi connectivity index (χ2v) is 11.3. The molecule has 1 nitrogen and oxygen atoms in total. The molecule has 0 saturated heterocycles. The van der Waals surface area contributed by atoms with Crippen LogP contribution in [-0.4, -0.2) is 6.61 Å². The Labute approximate surface area is 204 Å². The lowest BCUT2D eigenvalue weighted by Crippen LogP contribution is -2.15. The summed E-state index contributed by atoms with van der Waals surface area (Å²) in [6.45, 7) is 5.22. The third-order valence-electron chi connectivity index (χ3n) is 8.67. The Balaban J connectivity index is 1.28. The zero-order valence-electron chi connectivity index (χ0n) is 21.8. The van der Waals surface area contributed by atoms with Crippen molar-refractivity contribution in [2.45, 2.75) is 135 Å². The van der Waals surface area contributed by atoms with Gasteiger partial charge in [0.25, 0.3) is 0 Å². The second kappa shape index (κ2) is 15.0. The minimum atomic E-state index is -0.164. The predicted molar refractivity (Wildman–Crippen MR) is 140 cm³/mol. The van der Waals surface area contributed by atoms with Crippen molar-refractivity contribution in [1.29, 1.82) is 0 Å². The monoisotopic (exact) mass is 458 g/mol. The summed E-state index contributed by atoms with van der Waals surface area (Å²) in [6.07, 6.45) is 24.1. The van der Waals surface area contributed by atoms with Crippen molar-refractivity contribution in [2.24, 2.45) is 17.8 Å². The van der Waals surface area contributed by atoms with E-state index in [-0.39, 0.29) is 5.82 Å². The number of unbranched alkanes of at least 4 members (excludes halogenated alkanes) is 4. The molecular weight excluding hydrogens is 407 g/mol. The van der Waals surface area contributed by atoms with Crippen LogP contribution in [0.25, 0.3) is 0 Å². The van der Waals surface area contributed by atoms with Crippen molar-refractivity contribution in [3.63, 3.8) is 0 Å². The van der Waals surface area contributed by atoms with E-state index in [1.165, 1.54) is 115 Å². The third kappa shape index (κ3) is 9.25. The van der Waals surface area contributed by atoms with Gasteiger partial charge in [-0.1, -0.05) is 97.0 Å². The zero-order valence-corrected chi connectivity index (χ0v) is 21.8. The van der Waals surface area contributed by atoms with Gasteiger partial charge < -0.3 is 4.74 Å². The first-order chi connectivity index (χ1) is 16.2. The van der Waals surface area contributed by atoms with E-state index in [1.807, 2.05) is 6.07 Å². The molecule has 0 spiro atoms. The fourth-order valence-electron chi connectivity index (χ4n) is 6.48. The van der Waals surface area contributed by atoms with Crippen molar-refractivity contribution < 1.29 is 9.13 Å². The molecule has 2 saturated carbocycles. The number of halogens is 1. The Morgan fingerprint density at radius 2 is 1.30 bits per heavy atom. The Morgan fingerprint density at radius 1 is 0.697 bits per heavy atom. The molecule has 0 amide bonds. The summed E-state index contributed by atoms with van der Waals surface area (Å²) in [7, 11) is 0. The molecule has 0 bridgehead atoms. The van der Waals surface area contributed by atoms with Gasteiger partial charge in [-0.25, -0.2) is 4.39 Å². The van der Waals surface area contributed by atoms with Gasteiger partial charge in [0.05, 0.1) is 6.61 Å².